The van der Waals surface area contributed by atoms with Crippen molar-refractivity contribution >= 4 is 0 Å². The van der Waals surface area contributed by atoms with Crippen LogP contribution in [0.25, 0.3) is 0 Å². The second-order valence-electron chi connectivity index (χ2n) is 3.06. The third-order valence-electron chi connectivity index (χ3n) is 2.01. The summed E-state index contributed by atoms with van der Waals surface area (Å²) in [6, 6.07) is 0. The monoisotopic (exact) mass is 158 g/mol. The summed E-state index contributed by atoms with van der Waals surface area (Å²) in [7, 11) is 4.19. The molecule has 0 aliphatic rings. The molecule has 0 bridgehead atoms. The third-order valence-corrected chi connectivity index (χ3v) is 2.01. The zero-order valence-corrected chi connectivity index (χ0v) is 8.19. The summed E-state index contributed by atoms with van der Waals surface area (Å²) >= 11 is 0. The number of nitrogens with one attached hydrogen (secondary N) is 1. The first-order chi connectivity index (χ1) is 5.31. The first kappa shape index (κ1) is 10.9. The quantitative estimate of drug-likeness (QED) is 0.562. The molecule has 68 valence electrons. The Bertz CT molecular complexity index is 74.0. The number of hydrogen-bond acceptors (Lipinski definition) is 2. The van der Waals surface area contributed by atoms with Gasteiger partial charge in [0, 0.05) is 0 Å². The van der Waals surface area contributed by atoms with E-state index in [9.17, 15) is 0 Å². The number of unbranched alkanes of at least 4 members (excludes halogenated alkanes) is 2. The maximum atomic E-state index is 3.16. The summed E-state index contributed by atoms with van der Waals surface area (Å²) in [6.45, 7) is 5.79. The Morgan fingerprint density at radius 3 is 2.45 bits per heavy atom. The molecule has 0 rings (SSSR count). The van der Waals surface area contributed by atoms with E-state index < -0.39 is 0 Å². The van der Waals surface area contributed by atoms with Crippen LogP contribution in [0.1, 0.15) is 26.2 Å². The van der Waals surface area contributed by atoms with Gasteiger partial charge in [-0.3, -0.25) is 0 Å². The minimum Gasteiger partial charge on any atom is -0.320 e. The predicted octanol–water partition coefficient (Wildman–Crippen LogP) is 1.33. The summed E-state index contributed by atoms with van der Waals surface area (Å²) in [6.07, 6.45) is 4.01. The molecule has 0 saturated heterocycles. The van der Waals surface area contributed by atoms with Crippen LogP contribution in [0, 0.1) is 0 Å². The summed E-state index contributed by atoms with van der Waals surface area (Å²) in [4.78, 5) is 2.36. The van der Waals surface area contributed by atoms with Gasteiger partial charge in [-0.05, 0) is 46.6 Å². The van der Waals surface area contributed by atoms with Crippen LogP contribution in [0.2, 0.25) is 0 Å². The smallest absolute Gasteiger partial charge is 0.00219 e. The molecule has 1 N–H and O–H groups in total. The first-order valence-electron chi connectivity index (χ1n) is 4.64. The summed E-state index contributed by atoms with van der Waals surface area (Å²) in [5.74, 6) is 0. The van der Waals surface area contributed by atoms with Gasteiger partial charge < -0.3 is 10.2 Å². The Hall–Kier alpha value is -0.0800. The fourth-order valence-corrected chi connectivity index (χ4v) is 1.02. The molecule has 0 amide bonds. The Balaban J connectivity index is 2.89. The van der Waals surface area contributed by atoms with E-state index in [-0.39, 0.29) is 0 Å². The van der Waals surface area contributed by atoms with E-state index in [0.717, 1.165) is 6.54 Å². The molecule has 0 unspecified atom stereocenters. The van der Waals surface area contributed by atoms with Gasteiger partial charge in [0.15, 0.2) is 0 Å². The van der Waals surface area contributed by atoms with E-state index in [2.05, 4.69) is 24.2 Å². The molecule has 0 fully saturated rings. The fourth-order valence-electron chi connectivity index (χ4n) is 1.02. The first-order valence-corrected chi connectivity index (χ1v) is 4.64. The van der Waals surface area contributed by atoms with Crippen molar-refractivity contribution in [2.24, 2.45) is 0 Å². The van der Waals surface area contributed by atoms with Crippen molar-refractivity contribution < 1.29 is 0 Å². The molecular formula is C9H22N2. The molecule has 0 aromatic carbocycles. The van der Waals surface area contributed by atoms with Crippen molar-refractivity contribution in [2.45, 2.75) is 26.2 Å². The molecule has 0 saturated carbocycles. The van der Waals surface area contributed by atoms with Crippen molar-refractivity contribution in [3.63, 3.8) is 0 Å². The van der Waals surface area contributed by atoms with E-state index in [1.807, 2.05) is 7.05 Å². The molecule has 0 heterocycles. The lowest BCUT2D eigenvalue weighted by molar-refractivity contribution is 0.341. The van der Waals surface area contributed by atoms with E-state index in [1.165, 1.54) is 32.4 Å². The van der Waals surface area contributed by atoms with Gasteiger partial charge in [-0.1, -0.05) is 13.3 Å². The Kier molecular flexibility index (Phi) is 7.96. The normalized spacial score (nSPS) is 10.9. The van der Waals surface area contributed by atoms with Crippen LogP contribution >= 0.6 is 0 Å². The fraction of sp³-hybridized carbons (Fsp3) is 1.00. The molecule has 0 spiro atoms. The van der Waals surface area contributed by atoms with Gasteiger partial charge in [0.25, 0.3) is 0 Å². The largest absolute Gasteiger partial charge is 0.320 e. The van der Waals surface area contributed by atoms with Crippen LogP contribution in [0.5, 0.6) is 0 Å². The van der Waals surface area contributed by atoms with E-state index in [1.54, 1.807) is 0 Å². The topological polar surface area (TPSA) is 15.3 Å². The van der Waals surface area contributed by atoms with Crippen molar-refractivity contribution in [1.29, 1.82) is 0 Å². The maximum Gasteiger partial charge on any atom is -0.00219 e. The SMILES string of the molecule is CCN(C)CCCCCNC. The van der Waals surface area contributed by atoms with Crippen molar-refractivity contribution in [3.8, 4) is 0 Å². The standard InChI is InChI=1S/C9H22N2/c1-4-11(3)9-7-5-6-8-10-2/h10H,4-9H2,1-3H3. The molecular weight excluding hydrogens is 136 g/mol. The van der Waals surface area contributed by atoms with Crippen LogP contribution in [-0.2, 0) is 0 Å². The zero-order valence-electron chi connectivity index (χ0n) is 8.19. The summed E-state index contributed by atoms with van der Waals surface area (Å²) in [5, 5.41) is 3.16. The molecule has 0 aromatic heterocycles. The molecule has 0 aliphatic heterocycles. The molecule has 0 radical (unpaired) electrons. The Morgan fingerprint density at radius 1 is 1.18 bits per heavy atom. The summed E-state index contributed by atoms with van der Waals surface area (Å²) in [5.41, 5.74) is 0. The minimum atomic E-state index is 1.16. The van der Waals surface area contributed by atoms with Crippen LogP contribution < -0.4 is 5.32 Å². The minimum absolute atomic E-state index is 1.16. The molecule has 2 heteroatoms. The molecule has 0 aliphatic carbocycles. The Morgan fingerprint density at radius 2 is 1.91 bits per heavy atom. The molecule has 2 nitrogen and oxygen atoms in total. The lowest BCUT2D eigenvalue weighted by Gasteiger charge is -2.12. The van der Waals surface area contributed by atoms with Crippen LogP contribution in [0.4, 0.5) is 0 Å². The molecule has 11 heavy (non-hydrogen) atoms. The van der Waals surface area contributed by atoms with E-state index in [0.29, 0.717) is 0 Å². The zero-order chi connectivity index (χ0) is 8.53. The summed E-state index contributed by atoms with van der Waals surface area (Å²) < 4.78 is 0. The average molecular weight is 158 g/mol. The van der Waals surface area contributed by atoms with Crippen molar-refractivity contribution in [1.82, 2.24) is 10.2 Å². The van der Waals surface area contributed by atoms with Crippen molar-refractivity contribution in [2.75, 3.05) is 33.7 Å². The lowest BCUT2D eigenvalue weighted by atomic mass is 10.2. The second kappa shape index (κ2) is 8.02. The van der Waals surface area contributed by atoms with Gasteiger partial charge >= 0.3 is 0 Å². The van der Waals surface area contributed by atoms with Crippen LogP contribution in [-0.4, -0.2) is 38.6 Å². The van der Waals surface area contributed by atoms with E-state index >= 15 is 0 Å². The predicted molar refractivity (Wildman–Crippen MR) is 50.9 cm³/mol. The highest BCUT2D eigenvalue weighted by Gasteiger charge is 1.92. The van der Waals surface area contributed by atoms with Gasteiger partial charge in [0.2, 0.25) is 0 Å². The third kappa shape index (κ3) is 7.82. The van der Waals surface area contributed by atoms with Crippen molar-refractivity contribution in [3.05, 3.63) is 0 Å². The second-order valence-corrected chi connectivity index (χ2v) is 3.06. The number of rotatable bonds is 7. The number of hydrogen-bond donors (Lipinski definition) is 1. The highest BCUT2D eigenvalue weighted by molar-refractivity contribution is 4.49. The molecule has 0 aromatic rings. The number of nitrogens with zero attached hydrogens (tertiary/aromatic N) is 1. The van der Waals surface area contributed by atoms with Gasteiger partial charge in [0.1, 0.15) is 0 Å². The van der Waals surface area contributed by atoms with Gasteiger partial charge in [-0.2, -0.15) is 0 Å². The van der Waals surface area contributed by atoms with Crippen LogP contribution in [0.3, 0.4) is 0 Å². The van der Waals surface area contributed by atoms with E-state index in [4.69, 9.17) is 0 Å². The average Bonchev–Trinajstić information content (AvgIpc) is 2.04. The maximum absolute atomic E-state index is 3.16. The van der Waals surface area contributed by atoms with Gasteiger partial charge in [0.05, 0.1) is 0 Å². The van der Waals surface area contributed by atoms with Gasteiger partial charge in [-0.15, -0.1) is 0 Å². The Labute approximate surface area is 71.0 Å². The highest BCUT2D eigenvalue weighted by Crippen LogP contribution is 1.95. The molecule has 0 atom stereocenters. The van der Waals surface area contributed by atoms with Gasteiger partial charge in [-0.25, -0.2) is 0 Å². The van der Waals surface area contributed by atoms with Crippen LogP contribution in [0.15, 0.2) is 0 Å². The lowest BCUT2D eigenvalue weighted by Crippen LogP contribution is -2.19. The highest BCUT2D eigenvalue weighted by atomic mass is 15.1.